The highest BCUT2D eigenvalue weighted by Gasteiger charge is 2.21. The summed E-state index contributed by atoms with van der Waals surface area (Å²) >= 11 is 1.15. The maximum atomic E-state index is 12.3. The van der Waals surface area contributed by atoms with Crippen LogP contribution in [0.4, 0.5) is 5.69 Å². The molecule has 1 atom stereocenters. The van der Waals surface area contributed by atoms with E-state index in [4.69, 9.17) is 9.47 Å². The van der Waals surface area contributed by atoms with E-state index in [2.05, 4.69) is 10.0 Å². The van der Waals surface area contributed by atoms with E-state index >= 15 is 0 Å². The zero-order valence-electron chi connectivity index (χ0n) is 15.9. The molecule has 0 saturated carbocycles. The lowest BCUT2D eigenvalue weighted by atomic mass is 10.1. The smallest absolute Gasteiger partial charge is 0.271 e. The van der Waals surface area contributed by atoms with Gasteiger partial charge < -0.3 is 14.8 Å². The summed E-state index contributed by atoms with van der Waals surface area (Å²) in [6.45, 7) is 0.711. The van der Waals surface area contributed by atoms with Gasteiger partial charge in [-0.25, -0.2) is 8.42 Å². The van der Waals surface area contributed by atoms with E-state index in [1.807, 2.05) is 24.3 Å². The lowest BCUT2D eigenvalue weighted by Gasteiger charge is -2.26. The number of sulfonamides is 1. The molecular weight excluding hydrogens is 424 g/mol. The summed E-state index contributed by atoms with van der Waals surface area (Å²) in [7, 11) is -3.58. The number of fused-ring (bicyclic) bond motifs is 1. The van der Waals surface area contributed by atoms with E-state index in [1.165, 1.54) is 0 Å². The van der Waals surface area contributed by atoms with Crippen LogP contribution in [-0.4, -0.2) is 33.6 Å². The molecule has 7 nitrogen and oxygen atoms in total. The highest BCUT2D eigenvalue weighted by atomic mass is 32.2. The predicted molar refractivity (Wildman–Crippen MR) is 115 cm³/mol. The molecule has 0 bridgehead atoms. The van der Waals surface area contributed by atoms with E-state index in [9.17, 15) is 13.2 Å². The van der Waals surface area contributed by atoms with Crippen LogP contribution in [0.2, 0.25) is 0 Å². The number of hydrogen-bond donors (Lipinski definition) is 2. The normalized spacial score (nSPS) is 15.4. The summed E-state index contributed by atoms with van der Waals surface area (Å²) in [5.41, 5.74) is 1.22. The van der Waals surface area contributed by atoms with Gasteiger partial charge in [0.25, 0.3) is 10.0 Å². The van der Waals surface area contributed by atoms with Crippen molar-refractivity contribution in [3.63, 3.8) is 0 Å². The zero-order valence-corrected chi connectivity index (χ0v) is 17.5. The molecule has 0 fully saturated rings. The number of para-hydroxylation sites is 2. The van der Waals surface area contributed by atoms with E-state index in [-0.39, 0.29) is 22.6 Å². The van der Waals surface area contributed by atoms with Crippen molar-refractivity contribution < 1.29 is 22.7 Å². The number of anilines is 1. The number of thiophene rings is 1. The monoisotopic (exact) mass is 444 g/mol. The van der Waals surface area contributed by atoms with Crippen LogP contribution in [0, 0.1) is 0 Å². The third-order valence-electron chi connectivity index (χ3n) is 4.43. The largest absolute Gasteiger partial charge is 0.486 e. The molecule has 0 aliphatic carbocycles. The Balaban J connectivity index is 1.27. The third-order valence-corrected chi connectivity index (χ3v) is 7.20. The first-order chi connectivity index (χ1) is 14.5. The average molecular weight is 445 g/mol. The molecule has 2 heterocycles. The molecule has 0 saturated heterocycles. The molecule has 1 unspecified atom stereocenters. The van der Waals surface area contributed by atoms with Crippen molar-refractivity contribution in [2.45, 2.75) is 16.7 Å². The summed E-state index contributed by atoms with van der Waals surface area (Å²) in [6, 6.07) is 17.4. The highest BCUT2D eigenvalue weighted by Crippen LogP contribution is 2.30. The van der Waals surface area contributed by atoms with Gasteiger partial charge in [0.1, 0.15) is 16.9 Å². The fourth-order valence-electron chi connectivity index (χ4n) is 2.95. The van der Waals surface area contributed by atoms with Crippen molar-refractivity contribution in [2.24, 2.45) is 0 Å². The van der Waals surface area contributed by atoms with Gasteiger partial charge in [-0.3, -0.25) is 9.52 Å². The van der Waals surface area contributed by atoms with Crippen molar-refractivity contribution >= 4 is 33.0 Å². The van der Waals surface area contributed by atoms with E-state index < -0.39 is 10.0 Å². The molecular formula is C21H20N2O5S2. The van der Waals surface area contributed by atoms with Crippen molar-refractivity contribution in [3.8, 4) is 11.5 Å². The van der Waals surface area contributed by atoms with Crippen LogP contribution in [0.1, 0.15) is 5.56 Å². The average Bonchev–Trinajstić information content (AvgIpc) is 3.29. The second-order valence-corrected chi connectivity index (χ2v) is 9.57. The molecule has 30 heavy (non-hydrogen) atoms. The molecule has 1 aromatic heterocycles. The second kappa shape index (κ2) is 8.76. The minimum atomic E-state index is -3.58. The van der Waals surface area contributed by atoms with Gasteiger partial charge >= 0.3 is 0 Å². The molecule has 2 aromatic carbocycles. The molecule has 1 aliphatic rings. The minimum absolute atomic E-state index is 0.149. The quantitative estimate of drug-likeness (QED) is 0.584. The lowest BCUT2D eigenvalue weighted by Crippen LogP contribution is -2.41. The number of benzene rings is 2. The Morgan fingerprint density at radius 1 is 1.03 bits per heavy atom. The molecule has 0 spiro atoms. The summed E-state index contributed by atoms with van der Waals surface area (Å²) in [4.78, 5) is 12.3. The Morgan fingerprint density at radius 2 is 1.80 bits per heavy atom. The molecule has 9 heteroatoms. The van der Waals surface area contributed by atoms with Crippen LogP contribution in [-0.2, 0) is 21.2 Å². The minimum Gasteiger partial charge on any atom is -0.486 e. The first-order valence-electron chi connectivity index (χ1n) is 9.30. The topological polar surface area (TPSA) is 93.7 Å². The summed E-state index contributed by atoms with van der Waals surface area (Å²) in [5.74, 6) is 1.22. The Morgan fingerprint density at radius 3 is 2.53 bits per heavy atom. The van der Waals surface area contributed by atoms with Crippen LogP contribution in [0.15, 0.2) is 70.3 Å². The Hall–Kier alpha value is -3.04. The van der Waals surface area contributed by atoms with Crippen LogP contribution in [0.5, 0.6) is 11.5 Å². The second-order valence-electron chi connectivity index (χ2n) is 6.71. The van der Waals surface area contributed by atoms with Crippen molar-refractivity contribution in [2.75, 3.05) is 17.9 Å². The van der Waals surface area contributed by atoms with E-state index in [0.717, 1.165) is 16.9 Å². The van der Waals surface area contributed by atoms with Gasteiger partial charge in [-0.15, -0.1) is 11.3 Å². The Labute approximate surface area is 178 Å². The van der Waals surface area contributed by atoms with Crippen LogP contribution < -0.4 is 19.5 Å². The van der Waals surface area contributed by atoms with Gasteiger partial charge in [-0.1, -0.05) is 30.3 Å². The number of carbonyl (C=O) groups excluding carboxylic acids is 1. The van der Waals surface area contributed by atoms with Crippen LogP contribution >= 0.6 is 11.3 Å². The number of rotatable bonds is 7. The summed E-state index contributed by atoms with van der Waals surface area (Å²) < 4.78 is 38.7. The van der Waals surface area contributed by atoms with Crippen LogP contribution in [0.25, 0.3) is 0 Å². The first-order valence-corrected chi connectivity index (χ1v) is 11.7. The Bertz CT molecular complexity index is 1110. The van der Waals surface area contributed by atoms with Gasteiger partial charge in [-0.2, -0.15) is 0 Å². The molecule has 156 valence electrons. The van der Waals surface area contributed by atoms with Gasteiger partial charge in [0.05, 0.1) is 13.0 Å². The van der Waals surface area contributed by atoms with Crippen molar-refractivity contribution in [1.82, 2.24) is 5.32 Å². The first kappa shape index (κ1) is 20.2. The third kappa shape index (κ3) is 4.92. The summed E-state index contributed by atoms with van der Waals surface area (Å²) in [6.07, 6.45) is -0.0693. The van der Waals surface area contributed by atoms with Gasteiger partial charge in [0.15, 0.2) is 11.5 Å². The van der Waals surface area contributed by atoms with E-state index in [1.54, 1.807) is 41.8 Å². The molecule has 0 radical (unpaired) electrons. The van der Waals surface area contributed by atoms with Crippen molar-refractivity contribution in [3.05, 3.63) is 71.6 Å². The van der Waals surface area contributed by atoms with Gasteiger partial charge in [-0.05, 0) is 41.3 Å². The number of carbonyl (C=O) groups is 1. The maximum Gasteiger partial charge on any atom is 0.271 e. The predicted octanol–water partition coefficient (Wildman–Crippen LogP) is 3.05. The number of ether oxygens (including phenoxy) is 2. The maximum absolute atomic E-state index is 12.3. The number of hydrogen-bond acceptors (Lipinski definition) is 6. The standard InChI is InChI=1S/C21H20N2O5S2/c24-20(22-13-17-14-27-18-4-1-2-5-19(18)28-17)12-15-7-9-16(10-8-15)23-30(25,26)21-6-3-11-29-21/h1-11,17,23H,12-14H2,(H,22,24). The molecule has 4 rings (SSSR count). The zero-order chi connectivity index (χ0) is 21.0. The molecule has 2 N–H and O–H groups in total. The highest BCUT2D eigenvalue weighted by molar-refractivity contribution is 7.94. The fourth-order valence-corrected chi connectivity index (χ4v) is 5.00. The summed E-state index contributed by atoms with van der Waals surface area (Å²) in [5, 5.41) is 4.56. The number of nitrogens with one attached hydrogen (secondary N) is 2. The molecule has 3 aromatic rings. The number of amides is 1. The van der Waals surface area contributed by atoms with Crippen molar-refractivity contribution in [1.29, 1.82) is 0 Å². The van der Waals surface area contributed by atoms with Crippen LogP contribution in [0.3, 0.4) is 0 Å². The SMILES string of the molecule is O=C(Cc1ccc(NS(=O)(=O)c2cccs2)cc1)NCC1COc2ccccc2O1. The fraction of sp³-hybridized carbons (Fsp3) is 0.190. The Kier molecular flexibility index (Phi) is 5.91. The molecule has 1 aliphatic heterocycles. The lowest BCUT2D eigenvalue weighted by molar-refractivity contribution is -0.120. The van der Waals surface area contributed by atoms with Gasteiger partial charge in [0.2, 0.25) is 5.91 Å². The van der Waals surface area contributed by atoms with Gasteiger partial charge in [0, 0.05) is 5.69 Å². The molecule has 1 amide bonds. The van der Waals surface area contributed by atoms with E-state index in [0.29, 0.717) is 30.3 Å².